The van der Waals surface area contributed by atoms with Crippen LogP contribution in [0.1, 0.15) is 27.5 Å². The third kappa shape index (κ3) is 4.30. The minimum atomic E-state index is -0.537. The fourth-order valence-corrected chi connectivity index (χ4v) is 2.15. The predicted octanol–water partition coefficient (Wildman–Crippen LogP) is 1.15. The van der Waals surface area contributed by atoms with E-state index in [-0.39, 0.29) is 18.3 Å². The van der Waals surface area contributed by atoms with E-state index < -0.39 is 11.9 Å². The van der Waals surface area contributed by atoms with Crippen molar-refractivity contribution in [2.75, 3.05) is 12.4 Å². The zero-order chi connectivity index (χ0) is 16.3. The fraction of sp³-hybridized carbons (Fsp3) is 0.267. The second kappa shape index (κ2) is 7.75. The summed E-state index contributed by atoms with van der Waals surface area (Å²) in [5.74, 6) is -0.770. The highest BCUT2D eigenvalue weighted by molar-refractivity contribution is 5.99. The van der Waals surface area contributed by atoms with Crippen LogP contribution in [0.15, 0.2) is 30.6 Å². The molecule has 1 atom stereocenters. The Hall–Kier alpha value is -2.38. The highest BCUT2D eigenvalue weighted by atomic mass is 35.5. The molecule has 0 saturated carbocycles. The number of nitrogens with two attached hydrogens (primary N) is 1. The number of hydrogen-bond acceptors (Lipinski definition) is 4. The van der Waals surface area contributed by atoms with Crippen molar-refractivity contribution in [2.24, 2.45) is 12.8 Å². The molecule has 4 N–H and O–H groups in total. The van der Waals surface area contributed by atoms with E-state index in [9.17, 15) is 9.59 Å². The smallest absolute Gasteiger partial charge is 0.248 e. The largest absolute Gasteiger partial charge is 0.366 e. The molecule has 0 radical (unpaired) electrons. The Bertz CT molecular complexity index is 714. The Morgan fingerprint density at radius 3 is 2.57 bits per heavy atom. The van der Waals surface area contributed by atoms with Crippen molar-refractivity contribution in [1.82, 2.24) is 15.1 Å². The van der Waals surface area contributed by atoms with Gasteiger partial charge in [0.25, 0.3) is 0 Å². The van der Waals surface area contributed by atoms with E-state index >= 15 is 0 Å². The van der Waals surface area contributed by atoms with Crippen LogP contribution >= 0.6 is 12.4 Å². The summed E-state index contributed by atoms with van der Waals surface area (Å²) in [5.41, 5.74) is 7.78. The van der Waals surface area contributed by atoms with Gasteiger partial charge in [0.05, 0.1) is 6.20 Å². The zero-order valence-electron chi connectivity index (χ0n) is 13.2. The lowest BCUT2D eigenvalue weighted by Gasteiger charge is -2.16. The third-order valence-corrected chi connectivity index (χ3v) is 3.39. The van der Waals surface area contributed by atoms with E-state index in [0.29, 0.717) is 11.3 Å². The van der Waals surface area contributed by atoms with Crippen molar-refractivity contribution in [3.63, 3.8) is 0 Å². The lowest BCUT2D eigenvalue weighted by atomic mass is 10.1. The number of anilines is 1. The van der Waals surface area contributed by atoms with E-state index in [1.54, 1.807) is 49.4 Å². The maximum absolute atomic E-state index is 12.5. The quantitative estimate of drug-likeness (QED) is 0.761. The molecule has 0 fully saturated rings. The Labute approximate surface area is 140 Å². The molecule has 0 aliphatic heterocycles. The summed E-state index contributed by atoms with van der Waals surface area (Å²) in [6, 6.07) is 4.41. The van der Waals surface area contributed by atoms with Gasteiger partial charge in [-0.3, -0.25) is 14.3 Å². The first-order chi connectivity index (χ1) is 10.4. The molecule has 0 aliphatic carbocycles. The summed E-state index contributed by atoms with van der Waals surface area (Å²) < 4.78 is 1.63. The number of nitrogens with one attached hydrogen (secondary N) is 2. The Morgan fingerprint density at radius 1 is 1.35 bits per heavy atom. The zero-order valence-corrected chi connectivity index (χ0v) is 14.0. The third-order valence-electron chi connectivity index (χ3n) is 3.39. The van der Waals surface area contributed by atoms with Gasteiger partial charge in [-0.2, -0.15) is 5.10 Å². The monoisotopic (exact) mass is 337 g/mol. The van der Waals surface area contributed by atoms with E-state index in [1.165, 1.54) is 0 Å². The maximum atomic E-state index is 12.5. The highest BCUT2D eigenvalue weighted by Gasteiger charge is 2.21. The molecule has 1 heterocycles. The molecule has 0 spiro atoms. The van der Waals surface area contributed by atoms with Crippen molar-refractivity contribution >= 4 is 29.9 Å². The van der Waals surface area contributed by atoms with Crippen molar-refractivity contribution in [1.29, 1.82) is 0 Å². The summed E-state index contributed by atoms with van der Waals surface area (Å²) in [7, 11) is 3.48. The number of likely N-dealkylation sites (N-methyl/N-ethyl adjacent to an activating group) is 1. The van der Waals surface area contributed by atoms with Crippen LogP contribution in [-0.4, -0.2) is 28.6 Å². The molecule has 1 aromatic heterocycles. The van der Waals surface area contributed by atoms with Crippen LogP contribution in [0.4, 0.5) is 5.69 Å². The number of carbonyl (C=O) groups is 2. The first kappa shape index (κ1) is 18.7. The van der Waals surface area contributed by atoms with Crippen LogP contribution in [0.5, 0.6) is 0 Å². The van der Waals surface area contributed by atoms with Crippen LogP contribution < -0.4 is 16.4 Å². The van der Waals surface area contributed by atoms with Crippen molar-refractivity contribution < 1.29 is 9.59 Å². The number of primary amides is 1. The van der Waals surface area contributed by atoms with E-state index in [0.717, 1.165) is 11.1 Å². The van der Waals surface area contributed by atoms with Gasteiger partial charge < -0.3 is 16.4 Å². The molecular formula is C15H20ClN5O2. The summed E-state index contributed by atoms with van der Waals surface area (Å²) >= 11 is 0. The molecule has 8 heteroatoms. The molecule has 23 heavy (non-hydrogen) atoms. The van der Waals surface area contributed by atoms with Crippen LogP contribution in [0.25, 0.3) is 0 Å². The highest BCUT2D eigenvalue weighted by Crippen LogP contribution is 2.20. The topological polar surface area (TPSA) is 102 Å². The van der Waals surface area contributed by atoms with Crippen LogP contribution in [0, 0.1) is 6.92 Å². The molecule has 2 aromatic rings. The second-order valence-corrected chi connectivity index (χ2v) is 5.05. The fourth-order valence-electron chi connectivity index (χ4n) is 2.15. The Balaban J connectivity index is 0.00000264. The molecule has 0 saturated heterocycles. The molecule has 7 nitrogen and oxygen atoms in total. The van der Waals surface area contributed by atoms with Gasteiger partial charge in [-0.15, -0.1) is 12.4 Å². The van der Waals surface area contributed by atoms with E-state index in [2.05, 4.69) is 15.7 Å². The van der Waals surface area contributed by atoms with Gasteiger partial charge in [0, 0.05) is 30.1 Å². The number of halogens is 1. The molecule has 0 bridgehead atoms. The normalized spacial score (nSPS) is 11.4. The molecule has 0 aliphatic rings. The molecule has 2 rings (SSSR count). The van der Waals surface area contributed by atoms with Crippen LogP contribution in [0.3, 0.4) is 0 Å². The van der Waals surface area contributed by atoms with Crippen molar-refractivity contribution in [2.45, 2.75) is 13.0 Å². The molecule has 1 unspecified atom stereocenters. The van der Waals surface area contributed by atoms with Crippen LogP contribution in [0.2, 0.25) is 0 Å². The average Bonchev–Trinajstić information content (AvgIpc) is 2.88. The van der Waals surface area contributed by atoms with Gasteiger partial charge in [-0.05, 0) is 31.7 Å². The van der Waals surface area contributed by atoms with Gasteiger partial charge >= 0.3 is 0 Å². The number of aromatic nitrogens is 2. The van der Waals surface area contributed by atoms with Crippen molar-refractivity contribution in [3.8, 4) is 0 Å². The molecule has 1 aromatic carbocycles. The number of nitrogens with zero attached hydrogens (tertiary/aromatic N) is 2. The number of carbonyl (C=O) groups excluding carboxylic acids is 2. The predicted molar refractivity (Wildman–Crippen MR) is 90.6 cm³/mol. The first-order valence-electron chi connectivity index (χ1n) is 6.79. The summed E-state index contributed by atoms with van der Waals surface area (Å²) in [4.78, 5) is 23.7. The summed E-state index contributed by atoms with van der Waals surface area (Å²) in [6.07, 6.45) is 3.40. The first-order valence-corrected chi connectivity index (χ1v) is 6.79. The lowest BCUT2D eigenvalue weighted by molar-refractivity contribution is -0.118. The van der Waals surface area contributed by atoms with Gasteiger partial charge in [-0.25, -0.2) is 0 Å². The van der Waals surface area contributed by atoms with Gasteiger partial charge in [-0.1, -0.05) is 6.07 Å². The minimum absolute atomic E-state index is 0. The standard InChI is InChI=1S/C15H19N5O2.ClH/c1-9-4-5-10(14(16)21)6-12(9)19-15(22)13(17-2)11-7-18-20(3)8-11;/h4-8,13,17H,1-3H3,(H2,16,21)(H,19,22);1H. The van der Waals surface area contributed by atoms with Crippen LogP contribution in [-0.2, 0) is 11.8 Å². The second-order valence-electron chi connectivity index (χ2n) is 5.05. The number of rotatable bonds is 5. The van der Waals surface area contributed by atoms with Crippen molar-refractivity contribution in [3.05, 3.63) is 47.3 Å². The van der Waals surface area contributed by atoms with E-state index in [1.807, 2.05) is 6.92 Å². The number of hydrogen-bond donors (Lipinski definition) is 3. The average molecular weight is 338 g/mol. The SMILES string of the molecule is CNC(C(=O)Nc1cc(C(N)=O)ccc1C)c1cnn(C)c1.Cl. The minimum Gasteiger partial charge on any atom is -0.366 e. The molecule has 2 amide bonds. The van der Waals surface area contributed by atoms with Gasteiger partial charge in [0.2, 0.25) is 11.8 Å². The van der Waals surface area contributed by atoms with E-state index in [4.69, 9.17) is 5.73 Å². The summed E-state index contributed by atoms with van der Waals surface area (Å²) in [6.45, 7) is 1.85. The number of benzene rings is 1. The lowest BCUT2D eigenvalue weighted by Crippen LogP contribution is -2.30. The van der Waals surface area contributed by atoms with Gasteiger partial charge in [0.1, 0.15) is 6.04 Å². The molecule has 124 valence electrons. The summed E-state index contributed by atoms with van der Waals surface area (Å²) in [5, 5.41) is 9.83. The number of aryl methyl sites for hydroxylation is 2. The number of amides is 2. The van der Waals surface area contributed by atoms with Gasteiger partial charge in [0.15, 0.2) is 0 Å². The Kier molecular flexibility index (Phi) is 6.29. The maximum Gasteiger partial charge on any atom is 0.248 e. The Morgan fingerprint density at radius 2 is 2.04 bits per heavy atom. The molecular weight excluding hydrogens is 318 g/mol.